The second kappa shape index (κ2) is 5.85. The summed E-state index contributed by atoms with van der Waals surface area (Å²) in [5.41, 5.74) is 2.44. The zero-order valence-electron chi connectivity index (χ0n) is 10.9. The topological polar surface area (TPSA) is 33.2 Å². The van der Waals surface area contributed by atoms with Crippen LogP contribution in [0.25, 0.3) is 0 Å². The minimum atomic E-state index is -0.107. The summed E-state index contributed by atoms with van der Waals surface area (Å²) < 4.78 is 0. The Bertz CT molecular complexity index is 598. The van der Waals surface area contributed by atoms with Gasteiger partial charge >= 0.3 is 0 Å². The molecule has 2 aromatic rings. The largest absolute Gasteiger partial charge is 0.308 e. The molecule has 19 heavy (non-hydrogen) atoms. The molecule has 0 unspecified atom stereocenters. The van der Waals surface area contributed by atoms with Gasteiger partial charge in [-0.1, -0.05) is 29.8 Å². The number of aromatic nitrogens is 1. The molecule has 0 N–H and O–H groups in total. The van der Waals surface area contributed by atoms with Crippen LogP contribution in [-0.2, 0) is 0 Å². The van der Waals surface area contributed by atoms with Gasteiger partial charge in [-0.15, -0.1) is 0 Å². The van der Waals surface area contributed by atoms with Gasteiger partial charge in [0.05, 0.1) is 10.6 Å². The molecule has 0 saturated carbocycles. The van der Waals surface area contributed by atoms with E-state index in [2.05, 4.69) is 4.98 Å². The second-order valence-electron chi connectivity index (χ2n) is 4.19. The summed E-state index contributed by atoms with van der Waals surface area (Å²) in [6.45, 7) is 4.52. The van der Waals surface area contributed by atoms with E-state index in [0.717, 1.165) is 11.3 Å². The highest BCUT2D eigenvalue weighted by Gasteiger charge is 2.19. The third kappa shape index (κ3) is 2.76. The quantitative estimate of drug-likeness (QED) is 0.855. The lowest BCUT2D eigenvalue weighted by Crippen LogP contribution is -2.31. The third-order valence-electron chi connectivity index (χ3n) is 2.97. The first kappa shape index (κ1) is 13.6. The van der Waals surface area contributed by atoms with Gasteiger partial charge in [-0.3, -0.25) is 9.78 Å². The zero-order valence-corrected chi connectivity index (χ0v) is 11.7. The summed E-state index contributed by atoms with van der Waals surface area (Å²) in [7, 11) is 0. The fraction of sp³-hybridized carbons (Fsp3) is 0.200. The van der Waals surface area contributed by atoms with Gasteiger partial charge in [-0.25, -0.2) is 0 Å². The molecule has 0 bridgehead atoms. The first-order valence-electron chi connectivity index (χ1n) is 6.12. The maximum Gasteiger partial charge on any atom is 0.259 e. The number of amides is 1. The number of halogens is 1. The van der Waals surface area contributed by atoms with Gasteiger partial charge in [0.2, 0.25) is 0 Å². The number of hydrogen-bond acceptors (Lipinski definition) is 2. The van der Waals surface area contributed by atoms with Crippen molar-refractivity contribution in [2.45, 2.75) is 13.8 Å². The van der Waals surface area contributed by atoms with Crippen LogP contribution in [0.2, 0.25) is 5.02 Å². The summed E-state index contributed by atoms with van der Waals surface area (Å²) in [6, 6.07) is 9.44. The molecule has 1 amide bonds. The van der Waals surface area contributed by atoms with E-state index in [4.69, 9.17) is 11.6 Å². The lowest BCUT2D eigenvalue weighted by atomic mass is 10.1. The Balaban J connectivity index is 2.41. The number of anilines is 1. The van der Waals surface area contributed by atoms with Crippen molar-refractivity contribution in [3.8, 4) is 0 Å². The third-order valence-corrected chi connectivity index (χ3v) is 3.27. The molecule has 1 aromatic heterocycles. The number of para-hydroxylation sites is 1. The summed E-state index contributed by atoms with van der Waals surface area (Å²) in [5.74, 6) is -0.107. The van der Waals surface area contributed by atoms with Crippen molar-refractivity contribution in [1.82, 2.24) is 4.98 Å². The van der Waals surface area contributed by atoms with Crippen LogP contribution in [0.5, 0.6) is 0 Å². The van der Waals surface area contributed by atoms with Crippen molar-refractivity contribution in [2.75, 3.05) is 11.4 Å². The van der Waals surface area contributed by atoms with Crippen molar-refractivity contribution >= 4 is 23.2 Å². The molecule has 4 heteroatoms. The Kier molecular flexibility index (Phi) is 4.17. The van der Waals surface area contributed by atoms with Crippen LogP contribution >= 0.6 is 11.6 Å². The number of aryl methyl sites for hydroxylation is 1. The monoisotopic (exact) mass is 274 g/mol. The highest BCUT2D eigenvalue weighted by Crippen LogP contribution is 2.23. The molecular weight excluding hydrogens is 260 g/mol. The predicted octanol–water partition coefficient (Wildman–Crippen LogP) is 3.71. The van der Waals surface area contributed by atoms with Crippen molar-refractivity contribution in [3.63, 3.8) is 0 Å². The summed E-state index contributed by atoms with van der Waals surface area (Å²) >= 11 is 6.04. The van der Waals surface area contributed by atoms with Crippen LogP contribution in [0.15, 0.2) is 42.7 Å². The van der Waals surface area contributed by atoms with Gasteiger partial charge in [-0.05, 0) is 31.5 Å². The van der Waals surface area contributed by atoms with E-state index >= 15 is 0 Å². The van der Waals surface area contributed by atoms with Crippen molar-refractivity contribution in [1.29, 1.82) is 0 Å². The van der Waals surface area contributed by atoms with Crippen molar-refractivity contribution in [2.24, 2.45) is 0 Å². The van der Waals surface area contributed by atoms with E-state index in [0.29, 0.717) is 17.1 Å². The van der Waals surface area contributed by atoms with Crippen molar-refractivity contribution in [3.05, 3.63) is 58.9 Å². The number of carbonyl (C=O) groups excluding carboxylic acids is 1. The Morgan fingerprint density at radius 1 is 1.32 bits per heavy atom. The maximum atomic E-state index is 12.6. The average Bonchev–Trinajstić information content (AvgIpc) is 2.42. The summed E-state index contributed by atoms with van der Waals surface area (Å²) in [4.78, 5) is 18.2. The molecule has 1 heterocycles. The van der Waals surface area contributed by atoms with Crippen LogP contribution in [0, 0.1) is 6.92 Å². The molecule has 0 saturated heterocycles. The highest BCUT2D eigenvalue weighted by atomic mass is 35.5. The fourth-order valence-corrected chi connectivity index (χ4v) is 2.18. The summed E-state index contributed by atoms with van der Waals surface area (Å²) in [5, 5.41) is 0.375. The zero-order chi connectivity index (χ0) is 13.8. The van der Waals surface area contributed by atoms with Crippen LogP contribution in [0.1, 0.15) is 22.8 Å². The smallest absolute Gasteiger partial charge is 0.259 e. The number of hydrogen-bond donors (Lipinski definition) is 0. The average molecular weight is 275 g/mol. The summed E-state index contributed by atoms with van der Waals surface area (Å²) in [6.07, 6.45) is 3.06. The molecule has 1 aromatic carbocycles. The van der Waals surface area contributed by atoms with Crippen LogP contribution in [-0.4, -0.2) is 17.4 Å². The van der Waals surface area contributed by atoms with Crippen molar-refractivity contribution < 1.29 is 4.79 Å². The Morgan fingerprint density at radius 2 is 2.05 bits per heavy atom. The first-order chi connectivity index (χ1) is 9.15. The molecule has 0 aliphatic rings. The van der Waals surface area contributed by atoms with Crippen LogP contribution < -0.4 is 4.90 Å². The molecule has 0 radical (unpaired) electrons. The molecule has 0 spiro atoms. The number of carbonyl (C=O) groups is 1. The molecule has 0 aliphatic carbocycles. The Morgan fingerprint density at radius 3 is 2.68 bits per heavy atom. The van der Waals surface area contributed by atoms with Crippen LogP contribution in [0.3, 0.4) is 0 Å². The lowest BCUT2D eigenvalue weighted by molar-refractivity contribution is 0.0988. The molecule has 0 fully saturated rings. The van der Waals surface area contributed by atoms with Gasteiger partial charge in [0.15, 0.2) is 0 Å². The number of pyridine rings is 1. The fourth-order valence-electron chi connectivity index (χ4n) is 1.98. The van der Waals surface area contributed by atoms with E-state index in [9.17, 15) is 4.79 Å². The SMILES string of the molecule is CCN(C(=O)c1ccncc1Cl)c1ccccc1C. The van der Waals surface area contributed by atoms with Crippen LogP contribution in [0.4, 0.5) is 5.69 Å². The second-order valence-corrected chi connectivity index (χ2v) is 4.60. The standard InChI is InChI=1S/C15H15ClN2O/c1-3-18(14-7-5-4-6-11(14)2)15(19)12-8-9-17-10-13(12)16/h4-10H,3H2,1-2H3. The molecule has 0 atom stereocenters. The highest BCUT2D eigenvalue weighted by molar-refractivity contribution is 6.34. The number of nitrogens with zero attached hydrogens (tertiary/aromatic N) is 2. The number of benzene rings is 1. The molecule has 0 aliphatic heterocycles. The van der Waals surface area contributed by atoms with E-state index in [1.807, 2.05) is 38.1 Å². The lowest BCUT2D eigenvalue weighted by Gasteiger charge is -2.23. The molecule has 3 nitrogen and oxygen atoms in total. The van der Waals surface area contributed by atoms with Gasteiger partial charge < -0.3 is 4.90 Å². The first-order valence-corrected chi connectivity index (χ1v) is 6.50. The van der Waals surface area contributed by atoms with E-state index < -0.39 is 0 Å². The van der Waals surface area contributed by atoms with Gasteiger partial charge in [0.1, 0.15) is 0 Å². The Labute approximate surface area is 117 Å². The number of rotatable bonds is 3. The minimum absolute atomic E-state index is 0.107. The predicted molar refractivity (Wildman–Crippen MR) is 77.8 cm³/mol. The van der Waals surface area contributed by atoms with E-state index in [1.54, 1.807) is 17.2 Å². The van der Waals surface area contributed by atoms with Gasteiger partial charge in [-0.2, -0.15) is 0 Å². The normalized spacial score (nSPS) is 10.3. The van der Waals surface area contributed by atoms with Gasteiger partial charge in [0, 0.05) is 24.6 Å². The van der Waals surface area contributed by atoms with Gasteiger partial charge in [0.25, 0.3) is 5.91 Å². The molecule has 2 rings (SSSR count). The van der Waals surface area contributed by atoms with E-state index in [1.165, 1.54) is 6.20 Å². The molecular formula is C15H15ClN2O. The Hall–Kier alpha value is -1.87. The van der Waals surface area contributed by atoms with E-state index in [-0.39, 0.29) is 5.91 Å². The maximum absolute atomic E-state index is 12.6. The minimum Gasteiger partial charge on any atom is -0.308 e. The molecule has 98 valence electrons.